The van der Waals surface area contributed by atoms with Gasteiger partial charge in [-0.2, -0.15) is 5.10 Å². The van der Waals surface area contributed by atoms with Crippen LogP contribution in [0.2, 0.25) is 5.02 Å². The van der Waals surface area contributed by atoms with Gasteiger partial charge in [-0.25, -0.2) is 0 Å². The maximum atomic E-state index is 10.7. The van der Waals surface area contributed by atoms with Crippen molar-refractivity contribution >= 4 is 17.6 Å². The van der Waals surface area contributed by atoms with Gasteiger partial charge in [0.25, 0.3) is 0 Å². The molecule has 2 aromatic heterocycles. The quantitative estimate of drug-likeness (QED) is 0.768. The van der Waals surface area contributed by atoms with Crippen LogP contribution in [0.5, 0.6) is 0 Å². The number of halogens is 1. The third kappa shape index (κ3) is 1.92. The number of nitrogens with zero attached hydrogens (tertiary/aromatic N) is 3. The maximum Gasteiger partial charge on any atom is 0.139 e. The molecular weight excluding hydrogens is 234 g/mol. The monoisotopic (exact) mass is 240 g/mol. The normalized spacial score (nSPS) is 10.6. The summed E-state index contributed by atoms with van der Waals surface area (Å²) in [6.07, 6.45) is 3.04. The lowest BCUT2D eigenvalue weighted by atomic mass is 10.2. The first-order valence-electron chi connectivity index (χ1n) is 4.42. The number of aromatic nitrogens is 3. The second-order valence-electron chi connectivity index (χ2n) is 3.21. The Labute approximate surface area is 95.4 Å². The van der Waals surface area contributed by atoms with Crippen LogP contribution in [-0.2, 0) is 6.54 Å². The molecule has 0 radical (unpaired) electrons. The lowest BCUT2D eigenvalue weighted by molar-refractivity contribution is -0.255. The third-order valence-corrected chi connectivity index (χ3v) is 2.30. The van der Waals surface area contributed by atoms with Gasteiger partial charge in [-0.05, 0) is 6.92 Å². The van der Waals surface area contributed by atoms with Crippen LogP contribution < -0.4 is 5.11 Å². The molecule has 0 amide bonds. The van der Waals surface area contributed by atoms with Gasteiger partial charge in [-0.3, -0.25) is 4.68 Å². The summed E-state index contributed by atoms with van der Waals surface area (Å²) in [5.74, 6) is -0.948. The summed E-state index contributed by atoms with van der Waals surface area (Å²) < 4.78 is 6.29. The second kappa shape index (κ2) is 3.97. The second-order valence-corrected chi connectivity index (χ2v) is 3.65. The largest absolute Gasteiger partial charge is 0.543 e. The van der Waals surface area contributed by atoms with Crippen molar-refractivity contribution in [1.29, 1.82) is 0 Å². The zero-order valence-corrected chi connectivity index (χ0v) is 9.06. The predicted octanol–water partition coefficient (Wildman–Crippen LogP) is 0.245. The van der Waals surface area contributed by atoms with Crippen molar-refractivity contribution in [2.45, 2.75) is 13.5 Å². The van der Waals surface area contributed by atoms with Crippen LogP contribution >= 0.6 is 11.6 Å². The summed E-state index contributed by atoms with van der Waals surface area (Å²) in [5, 5.41) is 18.6. The highest BCUT2D eigenvalue weighted by Crippen LogP contribution is 2.15. The number of carboxylic acid groups (broad SMARTS) is 1. The van der Waals surface area contributed by atoms with Gasteiger partial charge in [0.1, 0.15) is 11.5 Å². The summed E-state index contributed by atoms with van der Waals surface area (Å²) in [7, 11) is 0. The van der Waals surface area contributed by atoms with E-state index < -0.39 is 5.97 Å². The van der Waals surface area contributed by atoms with E-state index in [1.54, 1.807) is 13.1 Å². The Hall–Kier alpha value is -1.82. The van der Waals surface area contributed by atoms with Crippen molar-refractivity contribution in [2.75, 3.05) is 0 Å². The molecule has 0 fully saturated rings. The van der Waals surface area contributed by atoms with E-state index >= 15 is 0 Å². The average Bonchev–Trinajstić information content (AvgIpc) is 2.76. The molecule has 2 heterocycles. The van der Waals surface area contributed by atoms with E-state index in [0.29, 0.717) is 16.3 Å². The SMILES string of the molecule is Cc1onc(C(=O)[O-])c1Cn1cc(Cl)cn1. The first kappa shape index (κ1) is 10.7. The van der Waals surface area contributed by atoms with Gasteiger partial charge in [0.15, 0.2) is 0 Å². The third-order valence-electron chi connectivity index (χ3n) is 2.10. The summed E-state index contributed by atoms with van der Waals surface area (Å²) in [5.41, 5.74) is 0.226. The Morgan fingerprint density at radius 2 is 2.44 bits per heavy atom. The fourth-order valence-corrected chi connectivity index (χ4v) is 1.48. The fourth-order valence-electron chi connectivity index (χ4n) is 1.32. The lowest BCUT2D eigenvalue weighted by Crippen LogP contribution is -2.24. The first-order chi connectivity index (χ1) is 7.58. The topological polar surface area (TPSA) is 84.0 Å². The summed E-state index contributed by atoms with van der Waals surface area (Å²) in [6.45, 7) is 1.85. The van der Waals surface area contributed by atoms with E-state index in [2.05, 4.69) is 10.3 Å². The van der Waals surface area contributed by atoms with Crippen molar-refractivity contribution in [2.24, 2.45) is 0 Å². The van der Waals surface area contributed by atoms with Gasteiger partial charge < -0.3 is 14.4 Å². The molecule has 7 heteroatoms. The molecule has 0 saturated heterocycles. The minimum Gasteiger partial charge on any atom is -0.543 e. The van der Waals surface area contributed by atoms with Gasteiger partial charge >= 0.3 is 0 Å². The zero-order chi connectivity index (χ0) is 11.7. The van der Waals surface area contributed by atoms with E-state index in [4.69, 9.17) is 16.1 Å². The van der Waals surface area contributed by atoms with E-state index in [0.717, 1.165) is 0 Å². The first-order valence-corrected chi connectivity index (χ1v) is 4.80. The molecule has 0 aromatic carbocycles. The number of carboxylic acids is 1. The number of carbonyl (C=O) groups excluding carboxylic acids is 1. The van der Waals surface area contributed by atoms with Gasteiger partial charge in [0.05, 0.1) is 23.7 Å². The minimum atomic E-state index is -1.37. The Balaban J connectivity index is 2.33. The van der Waals surface area contributed by atoms with Gasteiger partial charge in [0.2, 0.25) is 0 Å². The highest BCUT2D eigenvalue weighted by molar-refractivity contribution is 6.30. The molecule has 0 saturated carbocycles. The summed E-state index contributed by atoms with van der Waals surface area (Å²) in [4.78, 5) is 10.7. The van der Waals surface area contributed by atoms with Crippen molar-refractivity contribution in [3.63, 3.8) is 0 Å². The van der Waals surface area contributed by atoms with E-state index in [-0.39, 0.29) is 12.2 Å². The highest BCUT2D eigenvalue weighted by atomic mass is 35.5. The standard InChI is InChI=1S/C9H8ClN3O3/c1-5-7(8(9(14)15)12-16-5)4-13-3-6(10)2-11-13/h2-3H,4H2,1H3,(H,14,15)/p-1. The van der Waals surface area contributed by atoms with Gasteiger partial charge in [-0.1, -0.05) is 16.8 Å². The minimum absolute atomic E-state index is 0.205. The van der Waals surface area contributed by atoms with E-state index in [9.17, 15) is 9.90 Å². The lowest BCUT2D eigenvalue weighted by Gasteiger charge is -2.02. The number of rotatable bonds is 3. The molecular formula is C9H7ClN3O3-. The van der Waals surface area contributed by atoms with Crippen LogP contribution in [-0.4, -0.2) is 20.9 Å². The zero-order valence-electron chi connectivity index (χ0n) is 8.31. The van der Waals surface area contributed by atoms with Crippen molar-refractivity contribution in [3.8, 4) is 0 Å². The van der Waals surface area contributed by atoms with Crippen LogP contribution in [0.1, 0.15) is 21.8 Å². The number of carbonyl (C=O) groups is 1. The number of aryl methyl sites for hydroxylation is 1. The molecule has 2 rings (SSSR count). The van der Waals surface area contributed by atoms with Crippen molar-refractivity contribution in [1.82, 2.24) is 14.9 Å². The Morgan fingerprint density at radius 3 is 3.00 bits per heavy atom. The van der Waals surface area contributed by atoms with Crippen LogP contribution in [0.4, 0.5) is 0 Å². The summed E-state index contributed by atoms with van der Waals surface area (Å²) >= 11 is 5.69. The fraction of sp³-hybridized carbons (Fsp3) is 0.222. The molecule has 16 heavy (non-hydrogen) atoms. The molecule has 0 bridgehead atoms. The smallest absolute Gasteiger partial charge is 0.139 e. The van der Waals surface area contributed by atoms with E-state index in [1.165, 1.54) is 10.9 Å². The molecule has 84 valence electrons. The molecule has 2 aromatic rings. The molecule has 6 nitrogen and oxygen atoms in total. The summed E-state index contributed by atoms with van der Waals surface area (Å²) in [6, 6.07) is 0. The van der Waals surface area contributed by atoms with Crippen molar-refractivity contribution < 1.29 is 14.4 Å². The number of aromatic carboxylic acids is 1. The Morgan fingerprint density at radius 1 is 1.69 bits per heavy atom. The Kier molecular flexibility index (Phi) is 2.66. The molecule has 0 atom stereocenters. The maximum absolute atomic E-state index is 10.7. The average molecular weight is 241 g/mol. The van der Waals surface area contributed by atoms with Crippen molar-refractivity contribution in [3.05, 3.63) is 34.4 Å². The van der Waals surface area contributed by atoms with Crippen LogP contribution in [0, 0.1) is 6.92 Å². The van der Waals surface area contributed by atoms with Crippen LogP contribution in [0.3, 0.4) is 0 Å². The molecule has 0 N–H and O–H groups in total. The van der Waals surface area contributed by atoms with Crippen LogP contribution in [0.15, 0.2) is 16.9 Å². The molecule has 0 unspecified atom stereocenters. The van der Waals surface area contributed by atoms with Gasteiger partial charge in [0, 0.05) is 11.8 Å². The highest BCUT2D eigenvalue weighted by Gasteiger charge is 2.14. The molecule has 0 aliphatic carbocycles. The predicted molar refractivity (Wildman–Crippen MR) is 51.9 cm³/mol. The van der Waals surface area contributed by atoms with E-state index in [1.807, 2.05) is 0 Å². The molecule has 0 aliphatic rings. The molecule has 0 spiro atoms. The molecule has 0 aliphatic heterocycles. The number of hydrogen-bond donors (Lipinski definition) is 0. The Bertz CT molecular complexity index is 532. The van der Waals surface area contributed by atoms with Crippen LogP contribution in [0.25, 0.3) is 0 Å². The number of hydrogen-bond acceptors (Lipinski definition) is 5. The van der Waals surface area contributed by atoms with Gasteiger partial charge in [-0.15, -0.1) is 0 Å².